The van der Waals surface area contributed by atoms with Crippen LogP contribution < -0.4 is 4.31 Å². The molecule has 0 radical (unpaired) electrons. The van der Waals surface area contributed by atoms with E-state index < -0.39 is 10.0 Å². The van der Waals surface area contributed by atoms with Crippen molar-refractivity contribution in [2.75, 3.05) is 11.4 Å². The minimum absolute atomic E-state index is 0.0261. The lowest BCUT2D eigenvalue weighted by atomic mass is 9.83. The van der Waals surface area contributed by atoms with Gasteiger partial charge in [0.2, 0.25) is 0 Å². The average molecular weight is 441 g/mol. The van der Waals surface area contributed by atoms with Crippen molar-refractivity contribution in [1.29, 1.82) is 0 Å². The minimum Gasteiger partial charge on any atom is -0.333 e. The summed E-state index contributed by atoms with van der Waals surface area (Å²) in [6.07, 6.45) is 7.76. The number of hydrogen-bond acceptors (Lipinski definition) is 3. The molecule has 2 fully saturated rings. The van der Waals surface area contributed by atoms with Gasteiger partial charge in [-0.3, -0.25) is 9.10 Å². The van der Waals surface area contributed by atoms with Crippen LogP contribution in [0.5, 0.6) is 0 Å². The van der Waals surface area contributed by atoms with Gasteiger partial charge in [0.15, 0.2) is 0 Å². The van der Waals surface area contributed by atoms with Gasteiger partial charge in [0, 0.05) is 24.7 Å². The second-order valence-corrected chi connectivity index (χ2v) is 10.8. The van der Waals surface area contributed by atoms with Crippen LogP contribution in [0.1, 0.15) is 62.2 Å². The molecule has 0 atom stereocenters. The molecule has 31 heavy (non-hydrogen) atoms. The lowest BCUT2D eigenvalue weighted by Gasteiger charge is -2.37. The van der Waals surface area contributed by atoms with Gasteiger partial charge in [-0.2, -0.15) is 0 Å². The lowest BCUT2D eigenvalue weighted by Crippen LogP contribution is -2.44. The first kappa shape index (κ1) is 21.9. The molecule has 0 unspecified atom stereocenters. The van der Waals surface area contributed by atoms with Gasteiger partial charge in [-0.25, -0.2) is 8.42 Å². The Morgan fingerprint density at radius 3 is 2.10 bits per heavy atom. The van der Waals surface area contributed by atoms with Gasteiger partial charge < -0.3 is 4.90 Å². The van der Waals surface area contributed by atoms with Crippen LogP contribution in [0.3, 0.4) is 0 Å². The third-order valence-electron chi connectivity index (χ3n) is 6.82. The molecule has 0 bridgehead atoms. The molecule has 0 saturated heterocycles. The Bertz CT molecular complexity index is 1010. The van der Waals surface area contributed by atoms with E-state index in [1.54, 1.807) is 43.4 Å². The number of nitrogens with zero attached hydrogens (tertiary/aromatic N) is 2. The van der Waals surface area contributed by atoms with Crippen LogP contribution in [0.25, 0.3) is 0 Å². The van der Waals surface area contributed by atoms with Crippen molar-refractivity contribution < 1.29 is 13.2 Å². The van der Waals surface area contributed by atoms with Gasteiger partial charge in [-0.1, -0.05) is 37.6 Å². The van der Waals surface area contributed by atoms with Crippen molar-refractivity contribution in [3.05, 3.63) is 60.2 Å². The number of amides is 1. The fourth-order valence-corrected chi connectivity index (χ4v) is 5.93. The number of rotatable bonds is 7. The van der Waals surface area contributed by atoms with E-state index in [-0.39, 0.29) is 16.8 Å². The molecule has 0 N–H and O–H groups in total. The van der Waals surface area contributed by atoms with Crippen molar-refractivity contribution in [2.45, 2.75) is 68.8 Å². The monoisotopic (exact) mass is 440 g/mol. The van der Waals surface area contributed by atoms with Crippen LogP contribution in [0.4, 0.5) is 5.69 Å². The summed E-state index contributed by atoms with van der Waals surface area (Å²) in [7, 11) is -2.21. The zero-order valence-corrected chi connectivity index (χ0v) is 19.2. The molecule has 1 amide bonds. The summed E-state index contributed by atoms with van der Waals surface area (Å²) >= 11 is 0. The molecule has 5 nitrogen and oxygen atoms in total. The third kappa shape index (κ3) is 4.64. The van der Waals surface area contributed by atoms with Gasteiger partial charge in [0.25, 0.3) is 15.9 Å². The number of para-hydroxylation sites is 1. The topological polar surface area (TPSA) is 57.7 Å². The number of carbonyl (C=O) groups excluding carboxylic acids is 1. The highest BCUT2D eigenvalue weighted by Crippen LogP contribution is 2.37. The zero-order chi connectivity index (χ0) is 22.0. The first-order valence-electron chi connectivity index (χ1n) is 11.4. The van der Waals surface area contributed by atoms with E-state index in [2.05, 4.69) is 11.8 Å². The summed E-state index contributed by atoms with van der Waals surface area (Å²) in [5.41, 5.74) is 1.05. The van der Waals surface area contributed by atoms with Crippen molar-refractivity contribution in [1.82, 2.24) is 4.90 Å². The Balaban J connectivity index is 1.57. The number of benzene rings is 2. The highest BCUT2D eigenvalue weighted by molar-refractivity contribution is 7.92. The maximum Gasteiger partial charge on any atom is 0.264 e. The van der Waals surface area contributed by atoms with Gasteiger partial charge in [-0.15, -0.1) is 0 Å². The fourth-order valence-electron chi connectivity index (χ4n) is 4.69. The molecule has 2 aliphatic rings. The van der Waals surface area contributed by atoms with E-state index in [1.165, 1.54) is 23.6 Å². The van der Waals surface area contributed by atoms with E-state index >= 15 is 0 Å². The first-order valence-corrected chi connectivity index (χ1v) is 12.8. The van der Waals surface area contributed by atoms with E-state index in [1.807, 2.05) is 18.2 Å². The highest BCUT2D eigenvalue weighted by Gasteiger charge is 2.39. The SMILES string of the molecule is CCC1CCC(N(C(=O)c2cccc(S(=O)(=O)N(C)c3ccccc3)c2)C2CC2)CC1. The summed E-state index contributed by atoms with van der Waals surface area (Å²) in [6.45, 7) is 2.24. The van der Waals surface area contributed by atoms with Crippen LogP contribution in [-0.4, -0.2) is 38.4 Å². The molecular weight excluding hydrogens is 408 g/mol. The van der Waals surface area contributed by atoms with E-state index in [4.69, 9.17) is 0 Å². The molecule has 0 heterocycles. The highest BCUT2D eigenvalue weighted by atomic mass is 32.2. The van der Waals surface area contributed by atoms with Crippen LogP contribution in [0, 0.1) is 5.92 Å². The predicted molar refractivity (Wildman–Crippen MR) is 124 cm³/mol. The summed E-state index contributed by atoms with van der Waals surface area (Å²) in [6, 6.07) is 16.1. The molecule has 0 aromatic heterocycles. The number of hydrogen-bond donors (Lipinski definition) is 0. The van der Waals surface area contributed by atoms with Crippen LogP contribution >= 0.6 is 0 Å². The molecule has 6 heteroatoms. The minimum atomic E-state index is -3.75. The van der Waals surface area contributed by atoms with Gasteiger partial charge in [0.1, 0.15) is 0 Å². The van der Waals surface area contributed by atoms with Crippen molar-refractivity contribution >= 4 is 21.6 Å². The first-order chi connectivity index (χ1) is 14.9. The molecule has 0 aliphatic heterocycles. The average Bonchev–Trinajstić information content (AvgIpc) is 3.65. The maximum atomic E-state index is 13.5. The van der Waals surface area contributed by atoms with E-state index in [9.17, 15) is 13.2 Å². The summed E-state index contributed by atoms with van der Waals surface area (Å²) in [5, 5.41) is 0. The van der Waals surface area contributed by atoms with E-state index in [0.717, 1.165) is 31.6 Å². The Kier molecular flexibility index (Phi) is 6.37. The largest absolute Gasteiger partial charge is 0.333 e. The number of anilines is 1. The van der Waals surface area contributed by atoms with Crippen LogP contribution in [0.2, 0.25) is 0 Å². The quantitative estimate of drug-likeness (QED) is 0.603. The zero-order valence-electron chi connectivity index (χ0n) is 18.4. The lowest BCUT2D eigenvalue weighted by molar-refractivity contribution is 0.0587. The molecule has 4 rings (SSSR count). The Hall–Kier alpha value is -2.34. The maximum absolute atomic E-state index is 13.5. The molecule has 2 aromatic carbocycles. The molecule has 2 aliphatic carbocycles. The Labute approximate surface area is 186 Å². The summed E-state index contributed by atoms with van der Waals surface area (Å²) in [4.78, 5) is 15.7. The Morgan fingerprint density at radius 1 is 0.903 bits per heavy atom. The van der Waals surface area contributed by atoms with Crippen molar-refractivity contribution in [2.24, 2.45) is 5.92 Å². The molecule has 166 valence electrons. The van der Waals surface area contributed by atoms with Crippen molar-refractivity contribution in [3.63, 3.8) is 0 Å². The van der Waals surface area contributed by atoms with Gasteiger partial charge in [0.05, 0.1) is 10.6 Å². The number of carbonyl (C=O) groups is 1. The third-order valence-corrected chi connectivity index (χ3v) is 8.60. The van der Waals surface area contributed by atoms with Crippen LogP contribution in [-0.2, 0) is 10.0 Å². The van der Waals surface area contributed by atoms with Crippen molar-refractivity contribution in [3.8, 4) is 0 Å². The second kappa shape index (κ2) is 9.03. The Morgan fingerprint density at radius 2 is 1.52 bits per heavy atom. The molecule has 2 saturated carbocycles. The summed E-state index contributed by atoms with van der Waals surface area (Å²) < 4.78 is 27.7. The smallest absolute Gasteiger partial charge is 0.264 e. The fraction of sp³-hybridized carbons (Fsp3) is 0.480. The van der Waals surface area contributed by atoms with E-state index in [0.29, 0.717) is 17.3 Å². The van der Waals surface area contributed by atoms with Crippen LogP contribution in [0.15, 0.2) is 59.5 Å². The summed E-state index contributed by atoms with van der Waals surface area (Å²) in [5.74, 6) is 0.747. The number of sulfonamides is 1. The standard InChI is InChI=1S/C25H32N2O3S/c1-3-19-12-14-22(15-13-19)27(23-16-17-23)25(28)20-8-7-11-24(18-20)31(29,30)26(2)21-9-5-4-6-10-21/h4-11,18-19,22-23H,3,12-17H2,1-2H3. The van der Waals surface area contributed by atoms with Gasteiger partial charge in [-0.05, 0) is 74.8 Å². The molecular formula is C25H32N2O3S. The molecule has 0 spiro atoms. The molecule has 2 aromatic rings. The second-order valence-electron chi connectivity index (χ2n) is 8.86. The predicted octanol–water partition coefficient (Wildman–Crippen LogP) is 5.09. The van der Waals surface area contributed by atoms with Gasteiger partial charge >= 0.3 is 0 Å². The normalized spacial score (nSPS) is 21.5.